The van der Waals surface area contributed by atoms with Crippen LogP contribution in [0.1, 0.15) is 29.3 Å². The molecule has 7 N–H and O–H groups in total. The number of phenols is 1. The summed E-state index contributed by atoms with van der Waals surface area (Å²) in [5, 5.41) is 55.2. The first-order chi connectivity index (χ1) is 14.7. The summed E-state index contributed by atoms with van der Waals surface area (Å²) in [7, 11) is 3.11. The van der Waals surface area contributed by atoms with Crippen molar-refractivity contribution < 1.29 is 39.9 Å². The highest BCUT2D eigenvalue weighted by atomic mass is 16.5. The summed E-state index contributed by atoms with van der Waals surface area (Å²) < 4.78 is 0. The van der Waals surface area contributed by atoms with Crippen LogP contribution >= 0.6 is 0 Å². The van der Waals surface area contributed by atoms with Crippen LogP contribution in [0.3, 0.4) is 0 Å². The molecule has 3 aliphatic carbocycles. The lowest BCUT2D eigenvalue weighted by molar-refractivity contribution is -0.282. The minimum absolute atomic E-state index is 0.0449. The fourth-order valence-corrected chi connectivity index (χ4v) is 6.08. The maximum absolute atomic E-state index is 13.4. The number of phenolic OH excluding ortho intramolecular Hbond substituents is 1. The summed E-state index contributed by atoms with van der Waals surface area (Å²) in [6, 6.07) is 3.13. The second-order valence-electron chi connectivity index (χ2n) is 9.35. The van der Waals surface area contributed by atoms with Crippen LogP contribution in [0.15, 0.2) is 29.5 Å². The molecular weight excluding hydrogens is 420 g/mol. The third-order valence-electron chi connectivity index (χ3n) is 7.38. The highest BCUT2D eigenvalue weighted by Crippen LogP contribution is 2.59. The van der Waals surface area contributed by atoms with Crippen molar-refractivity contribution in [1.82, 2.24) is 4.90 Å². The van der Waals surface area contributed by atoms with Crippen molar-refractivity contribution in [2.24, 2.45) is 29.4 Å². The highest BCUT2D eigenvalue weighted by Gasteiger charge is 2.68. The third kappa shape index (κ3) is 2.70. The summed E-state index contributed by atoms with van der Waals surface area (Å²) in [4.78, 5) is 39.8. The van der Waals surface area contributed by atoms with Gasteiger partial charge in [-0.25, -0.2) is 0 Å². The average molecular weight is 446 g/mol. The summed E-state index contributed by atoms with van der Waals surface area (Å²) in [6.07, 6.45) is -0.0449. The van der Waals surface area contributed by atoms with Crippen LogP contribution in [0.2, 0.25) is 0 Å². The lowest BCUT2D eigenvalue weighted by Gasteiger charge is -2.57. The Kier molecular flexibility index (Phi) is 4.80. The van der Waals surface area contributed by atoms with E-state index in [0.29, 0.717) is 0 Å². The van der Waals surface area contributed by atoms with Crippen molar-refractivity contribution in [2.75, 3.05) is 14.1 Å². The van der Waals surface area contributed by atoms with Crippen molar-refractivity contribution >= 4 is 17.5 Å². The minimum Gasteiger partial charge on any atom is -0.511 e. The quantitative estimate of drug-likeness (QED) is 0.249. The van der Waals surface area contributed by atoms with Gasteiger partial charge in [0.2, 0.25) is 0 Å². The van der Waals surface area contributed by atoms with Crippen LogP contribution in [0.5, 0.6) is 5.75 Å². The molecule has 32 heavy (non-hydrogen) atoms. The Balaban J connectivity index is 1.98. The maximum atomic E-state index is 13.4. The van der Waals surface area contributed by atoms with Gasteiger partial charge in [0.1, 0.15) is 17.1 Å². The standard InChI is InChI=1S/C22H26N2O8/c1-21(30)9-5-4-6-11(25)12(9)17(26)15-10(21)7-8-14(22(15,31)32)18(27)13(20(23)29)19(28)16(8)24(2)3/h4-6,8,10,14-16,25,27,30-32H,7H2,1-3H3,(H2,23,29)/t8?,10?,14-,15?,16+,21-/m1/s1. The molecule has 1 amide bonds. The Morgan fingerprint density at radius 2 is 1.72 bits per heavy atom. The van der Waals surface area contributed by atoms with E-state index in [0.717, 1.165) is 0 Å². The molecule has 3 unspecified atom stereocenters. The Hall–Kier alpha value is -2.79. The number of fused-ring (bicyclic) bond motifs is 3. The van der Waals surface area contributed by atoms with Gasteiger partial charge >= 0.3 is 0 Å². The number of Topliss-reactive ketones (excluding diaryl/α,β-unsaturated/α-hetero) is 2. The predicted molar refractivity (Wildman–Crippen MR) is 109 cm³/mol. The Bertz CT molecular complexity index is 1070. The molecule has 10 heteroatoms. The number of carbonyl (C=O) groups is 3. The molecule has 0 saturated heterocycles. The number of nitrogens with two attached hydrogens (primary N) is 1. The summed E-state index contributed by atoms with van der Waals surface area (Å²) in [5.41, 5.74) is 2.70. The molecule has 0 heterocycles. The smallest absolute Gasteiger partial charge is 0.255 e. The van der Waals surface area contributed by atoms with Crippen molar-refractivity contribution in [3.05, 3.63) is 40.7 Å². The van der Waals surface area contributed by atoms with Crippen molar-refractivity contribution in [3.8, 4) is 5.75 Å². The SMILES string of the molecule is CN(C)[C@@H]1C(=O)C(C(N)=O)=C(O)[C@H]2C1CC1C(C(=O)c3c(O)cccc3[C@@]1(C)O)C2(O)O. The summed E-state index contributed by atoms with van der Waals surface area (Å²) in [5.74, 6) is -12.3. The lowest BCUT2D eigenvalue weighted by Crippen LogP contribution is -2.68. The third-order valence-corrected chi connectivity index (χ3v) is 7.38. The number of aliphatic hydroxyl groups excluding tert-OH is 1. The number of amides is 1. The van der Waals surface area contributed by atoms with Crippen LogP contribution in [0.4, 0.5) is 0 Å². The molecule has 6 atom stereocenters. The molecule has 0 aliphatic heterocycles. The molecule has 10 nitrogen and oxygen atoms in total. The first kappa shape index (κ1) is 22.4. The van der Waals surface area contributed by atoms with Gasteiger partial charge in [-0.1, -0.05) is 12.1 Å². The average Bonchev–Trinajstić information content (AvgIpc) is 2.64. The van der Waals surface area contributed by atoms with Gasteiger partial charge in [-0.2, -0.15) is 0 Å². The van der Waals surface area contributed by atoms with Crippen LogP contribution in [0, 0.1) is 23.7 Å². The number of ketones is 2. The molecule has 1 saturated carbocycles. The molecule has 3 aliphatic rings. The van der Waals surface area contributed by atoms with Crippen molar-refractivity contribution in [2.45, 2.75) is 30.8 Å². The monoisotopic (exact) mass is 446 g/mol. The second-order valence-corrected chi connectivity index (χ2v) is 9.35. The lowest BCUT2D eigenvalue weighted by atomic mass is 9.51. The van der Waals surface area contributed by atoms with Gasteiger partial charge in [0.25, 0.3) is 5.91 Å². The predicted octanol–water partition coefficient (Wildman–Crippen LogP) is -0.844. The number of hydrogen-bond donors (Lipinski definition) is 6. The molecule has 1 aromatic carbocycles. The second kappa shape index (κ2) is 6.85. The Morgan fingerprint density at radius 3 is 2.28 bits per heavy atom. The minimum atomic E-state index is -2.95. The zero-order valence-corrected chi connectivity index (χ0v) is 17.8. The van der Waals surface area contributed by atoms with Gasteiger partial charge in [0, 0.05) is 5.92 Å². The molecule has 1 aromatic rings. The summed E-state index contributed by atoms with van der Waals surface area (Å²) in [6.45, 7) is 1.41. The highest BCUT2D eigenvalue weighted by molar-refractivity contribution is 6.21. The Morgan fingerprint density at radius 1 is 1.09 bits per heavy atom. The molecule has 0 spiro atoms. The number of primary amides is 1. The van der Waals surface area contributed by atoms with Gasteiger partial charge in [-0.05, 0) is 45.0 Å². The van der Waals surface area contributed by atoms with Crippen LogP contribution in [-0.4, -0.2) is 73.8 Å². The molecule has 172 valence electrons. The van der Waals surface area contributed by atoms with Gasteiger partial charge < -0.3 is 31.3 Å². The fourth-order valence-electron chi connectivity index (χ4n) is 6.08. The zero-order chi connectivity index (χ0) is 23.9. The van der Waals surface area contributed by atoms with E-state index in [1.54, 1.807) is 14.1 Å². The molecule has 1 fully saturated rings. The van der Waals surface area contributed by atoms with Gasteiger partial charge in [-0.15, -0.1) is 0 Å². The number of aromatic hydroxyl groups is 1. The molecule has 0 aromatic heterocycles. The molecular formula is C22H26N2O8. The number of benzene rings is 1. The van der Waals surface area contributed by atoms with Gasteiger partial charge in [-0.3, -0.25) is 19.3 Å². The first-order valence-corrected chi connectivity index (χ1v) is 10.2. The van der Waals surface area contributed by atoms with Crippen molar-refractivity contribution in [3.63, 3.8) is 0 Å². The topological polar surface area (TPSA) is 182 Å². The van der Waals surface area contributed by atoms with E-state index in [2.05, 4.69) is 0 Å². The van der Waals surface area contributed by atoms with Crippen molar-refractivity contribution in [1.29, 1.82) is 0 Å². The number of hydrogen-bond acceptors (Lipinski definition) is 9. The number of aliphatic hydroxyl groups is 4. The van der Waals surface area contributed by atoms with E-state index in [9.17, 15) is 39.9 Å². The number of carbonyl (C=O) groups excluding carboxylic acids is 3. The van der Waals surface area contributed by atoms with E-state index in [-0.39, 0.29) is 17.5 Å². The molecule has 0 bridgehead atoms. The number of likely N-dealkylation sites (N-methyl/N-ethyl adjacent to an activating group) is 1. The Labute approximate surface area is 183 Å². The maximum Gasteiger partial charge on any atom is 0.255 e. The largest absolute Gasteiger partial charge is 0.511 e. The fraction of sp³-hybridized carbons (Fsp3) is 0.500. The first-order valence-electron chi connectivity index (χ1n) is 10.2. The van der Waals surface area contributed by atoms with E-state index in [1.807, 2.05) is 0 Å². The van der Waals surface area contributed by atoms with Crippen LogP contribution in [0.25, 0.3) is 0 Å². The van der Waals surface area contributed by atoms with Gasteiger partial charge in [0.05, 0.1) is 29.0 Å². The molecule has 0 radical (unpaired) electrons. The van der Waals surface area contributed by atoms with Crippen LogP contribution < -0.4 is 5.73 Å². The normalized spacial score (nSPS) is 35.9. The number of rotatable bonds is 2. The van der Waals surface area contributed by atoms with Crippen LogP contribution in [-0.2, 0) is 15.2 Å². The zero-order valence-electron chi connectivity index (χ0n) is 17.8. The van der Waals surface area contributed by atoms with E-state index in [1.165, 1.54) is 30.0 Å². The molecule has 4 rings (SSSR count). The number of nitrogens with zero attached hydrogens (tertiary/aromatic N) is 1. The summed E-state index contributed by atoms with van der Waals surface area (Å²) >= 11 is 0. The van der Waals surface area contributed by atoms with E-state index >= 15 is 0 Å². The van der Waals surface area contributed by atoms with E-state index in [4.69, 9.17) is 5.73 Å². The van der Waals surface area contributed by atoms with Gasteiger partial charge in [0.15, 0.2) is 17.4 Å². The van der Waals surface area contributed by atoms with E-state index < -0.39 is 75.7 Å².